The lowest BCUT2D eigenvalue weighted by atomic mass is 9.98. The van der Waals surface area contributed by atoms with Crippen molar-refractivity contribution in [1.29, 1.82) is 0 Å². The zero-order chi connectivity index (χ0) is 22.9. The number of halogens is 2. The molecule has 5 rings (SSSR count). The predicted octanol–water partition coefficient (Wildman–Crippen LogP) is 6.03. The maximum atomic E-state index is 6.50. The van der Waals surface area contributed by atoms with E-state index in [4.69, 9.17) is 27.9 Å². The third-order valence-corrected chi connectivity index (χ3v) is 8.12. The molecule has 0 N–H and O–H groups in total. The Morgan fingerprint density at radius 1 is 1.00 bits per heavy atom. The van der Waals surface area contributed by atoms with Gasteiger partial charge in [-0.05, 0) is 75.5 Å². The molecule has 33 heavy (non-hydrogen) atoms. The first-order chi connectivity index (χ1) is 16.0. The molecule has 2 aromatic carbocycles. The number of imidazole rings is 1. The summed E-state index contributed by atoms with van der Waals surface area (Å²) < 4.78 is 7.76. The van der Waals surface area contributed by atoms with Crippen LogP contribution in [-0.4, -0.2) is 59.9 Å². The Hall–Kier alpha value is -1.79. The van der Waals surface area contributed by atoms with Crippen LogP contribution in [0.25, 0.3) is 11.0 Å². The Labute approximate surface area is 206 Å². The van der Waals surface area contributed by atoms with Crippen LogP contribution < -0.4 is 4.90 Å². The maximum absolute atomic E-state index is 6.50. The number of hydrogen-bond acceptors (Lipinski definition) is 4. The third-order valence-electron chi connectivity index (χ3n) is 7.56. The Bertz CT molecular complexity index is 1100. The first-order valence-corrected chi connectivity index (χ1v) is 12.7. The molecule has 0 aliphatic carbocycles. The van der Waals surface area contributed by atoms with Crippen molar-refractivity contribution in [2.75, 3.05) is 38.3 Å². The SMILES string of the molecule is C[C@H](c1ccc(Cl)cc1Cl)n1cnc2ccc(N3CCC(N(C)C4CCOCC4)CC3)cc21. The number of hydrogen-bond donors (Lipinski definition) is 0. The fraction of sp³-hybridized carbons (Fsp3) is 0.500. The Morgan fingerprint density at radius 2 is 1.73 bits per heavy atom. The highest BCUT2D eigenvalue weighted by Gasteiger charge is 2.28. The van der Waals surface area contributed by atoms with Crippen molar-refractivity contribution in [2.45, 2.75) is 50.7 Å². The molecule has 0 spiro atoms. The maximum Gasteiger partial charge on any atom is 0.0964 e. The average molecular weight is 487 g/mol. The molecular weight excluding hydrogens is 455 g/mol. The molecular formula is C26H32Cl2N4O. The van der Waals surface area contributed by atoms with Crippen molar-refractivity contribution in [1.82, 2.24) is 14.5 Å². The molecule has 0 amide bonds. The minimum absolute atomic E-state index is 0.0638. The smallest absolute Gasteiger partial charge is 0.0964 e. The number of nitrogens with zero attached hydrogens (tertiary/aromatic N) is 4. The fourth-order valence-corrected chi connectivity index (χ4v) is 6.00. The molecule has 0 saturated carbocycles. The number of anilines is 1. The third kappa shape index (κ3) is 4.74. The minimum atomic E-state index is 0.0638. The van der Waals surface area contributed by atoms with Gasteiger partial charge in [-0.3, -0.25) is 0 Å². The highest BCUT2D eigenvalue weighted by Crippen LogP contribution is 2.33. The summed E-state index contributed by atoms with van der Waals surface area (Å²) >= 11 is 12.6. The van der Waals surface area contributed by atoms with Gasteiger partial charge < -0.3 is 19.1 Å². The van der Waals surface area contributed by atoms with Gasteiger partial charge in [0.2, 0.25) is 0 Å². The van der Waals surface area contributed by atoms with Crippen LogP contribution in [0, 0.1) is 0 Å². The van der Waals surface area contributed by atoms with Gasteiger partial charge in [0.25, 0.3) is 0 Å². The van der Waals surface area contributed by atoms with Crippen LogP contribution in [0.5, 0.6) is 0 Å². The first-order valence-electron chi connectivity index (χ1n) is 12.0. The summed E-state index contributed by atoms with van der Waals surface area (Å²) in [6, 6.07) is 13.7. The van der Waals surface area contributed by atoms with Crippen LogP contribution in [0.4, 0.5) is 5.69 Å². The van der Waals surface area contributed by atoms with E-state index < -0.39 is 0 Å². The van der Waals surface area contributed by atoms with Crippen molar-refractivity contribution >= 4 is 39.9 Å². The lowest BCUT2D eigenvalue weighted by Crippen LogP contribution is -2.48. The Balaban J connectivity index is 1.32. The average Bonchev–Trinajstić information content (AvgIpc) is 3.27. The van der Waals surface area contributed by atoms with Gasteiger partial charge in [0, 0.05) is 54.1 Å². The monoisotopic (exact) mass is 486 g/mol. The number of fused-ring (bicyclic) bond motifs is 1. The van der Waals surface area contributed by atoms with Crippen LogP contribution in [0.2, 0.25) is 10.0 Å². The van der Waals surface area contributed by atoms with Crippen LogP contribution in [0.3, 0.4) is 0 Å². The number of benzene rings is 2. The number of piperidine rings is 1. The second-order valence-corrected chi connectivity index (χ2v) is 10.2. The summed E-state index contributed by atoms with van der Waals surface area (Å²) in [4.78, 5) is 9.78. The molecule has 2 fully saturated rings. The van der Waals surface area contributed by atoms with E-state index in [0.717, 1.165) is 55.7 Å². The molecule has 1 aromatic heterocycles. The van der Waals surface area contributed by atoms with Gasteiger partial charge in [-0.1, -0.05) is 29.3 Å². The molecule has 2 aliphatic rings. The Kier molecular flexibility index (Phi) is 6.84. The second kappa shape index (κ2) is 9.83. The van der Waals surface area contributed by atoms with E-state index in [1.54, 1.807) is 6.07 Å². The van der Waals surface area contributed by atoms with E-state index in [1.807, 2.05) is 18.5 Å². The van der Waals surface area contributed by atoms with E-state index in [9.17, 15) is 0 Å². The van der Waals surface area contributed by atoms with Crippen LogP contribution in [0.1, 0.15) is 44.2 Å². The van der Waals surface area contributed by atoms with E-state index in [1.165, 1.54) is 18.5 Å². The quantitative estimate of drug-likeness (QED) is 0.440. The summed E-state index contributed by atoms with van der Waals surface area (Å²) in [5.74, 6) is 0. The zero-order valence-corrected chi connectivity index (χ0v) is 20.9. The van der Waals surface area contributed by atoms with Gasteiger partial charge in [0.05, 0.1) is 23.4 Å². The van der Waals surface area contributed by atoms with Crippen molar-refractivity contribution < 1.29 is 4.74 Å². The molecule has 2 saturated heterocycles. The Morgan fingerprint density at radius 3 is 2.45 bits per heavy atom. The highest BCUT2D eigenvalue weighted by atomic mass is 35.5. The highest BCUT2D eigenvalue weighted by molar-refractivity contribution is 6.35. The van der Waals surface area contributed by atoms with Crippen LogP contribution in [0.15, 0.2) is 42.7 Å². The first kappa shape index (κ1) is 23.0. The minimum Gasteiger partial charge on any atom is -0.381 e. The van der Waals surface area contributed by atoms with E-state index in [2.05, 4.69) is 51.5 Å². The van der Waals surface area contributed by atoms with E-state index in [-0.39, 0.29) is 6.04 Å². The van der Waals surface area contributed by atoms with Crippen LogP contribution in [-0.2, 0) is 4.74 Å². The van der Waals surface area contributed by atoms with Gasteiger partial charge in [0.1, 0.15) is 0 Å². The van der Waals surface area contributed by atoms with Crippen molar-refractivity contribution in [3.05, 3.63) is 58.3 Å². The van der Waals surface area contributed by atoms with E-state index in [0.29, 0.717) is 22.1 Å². The summed E-state index contributed by atoms with van der Waals surface area (Å²) in [7, 11) is 2.31. The topological polar surface area (TPSA) is 33.5 Å². The van der Waals surface area contributed by atoms with Gasteiger partial charge in [-0.15, -0.1) is 0 Å². The molecule has 0 radical (unpaired) electrons. The largest absolute Gasteiger partial charge is 0.381 e. The number of ether oxygens (including phenoxy) is 1. The van der Waals surface area contributed by atoms with Crippen molar-refractivity contribution in [2.24, 2.45) is 0 Å². The van der Waals surface area contributed by atoms with Gasteiger partial charge >= 0.3 is 0 Å². The van der Waals surface area contributed by atoms with Crippen molar-refractivity contribution in [3.8, 4) is 0 Å². The molecule has 1 atom stereocenters. The lowest BCUT2D eigenvalue weighted by molar-refractivity contribution is 0.0244. The number of rotatable bonds is 5. The van der Waals surface area contributed by atoms with Gasteiger partial charge in [-0.2, -0.15) is 0 Å². The van der Waals surface area contributed by atoms with E-state index >= 15 is 0 Å². The predicted molar refractivity (Wildman–Crippen MR) is 137 cm³/mol. The second-order valence-electron chi connectivity index (χ2n) is 9.39. The molecule has 7 heteroatoms. The number of aromatic nitrogens is 2. The van der Waals surface area contributed by atoms with Crippen LogP contribution >= 0.6 is 23.2 Å². The molecule has 5 nitrogen and oxygen atoms in total. The molecule has 3 heterocycles. The summed E-state index contributed by atoms with van der Waals surface area (Å²) in [6.45, 7) is 6.12. The summed E-state index contributed by atoms with van der Waals surface area (Å²) in [5, 5.41) is 1.34. The summed E-state index contributed by atoms with van der Waals surface area (Å²) in [5.41, 5.74) is 4.45. The molecule has 3 aromatic rings. The summed E-state index contributed by atoms with van der Waals surface area (Å²) in [6.07, 6.45) is 6.63. The fourth-order valence-electron chi connectivity index (χ4n) is 5.43. The molecule has 0 unspecified atom stereocenters. The molecule has 0 bridgehead atoms. The molecule has 2 aliphatic heterocycles. The molecule has 176 valence electrons. The normalized spacial score (nSPS) is 19.5. The zero-order valence-electron chi connectivity index (χ0n) is 19.4. The standard InChI is InChI=1S/C26H32Cl2N4O/c1-18(23-5-3-19(27)15-24(23)28)32-17-29-25-6-4-22(16-26(25)32)31-11-7-20(8-12-31)30(2)21-9-13-33-14-10-21/h3-6,15-18,20-21H,7-14H2,1-2H3/t18-/m1/s1. The van der Waals surface area contributed by atoms with Gasteiger partial charge in [-0.25, -0.2) is 4.98 Å². The van der Waals surface area contributed by atoms with Crippen molar-refractivity contribution in [3.63, 3.8) is 0 Å². The van der Waals surface area contributed by atoms with Gasteiger partial charge in [0.15, 0.2) is 0 Å². The lowest BCUT2D eigenvalue weighted by Gasteiger charge is -2.42.